The van der Waals surface area contributed by atoms with Crippen LogP contribution in [0.15, 0.2) is 54.6 Å². The summed E-state index contributed by atoms with van der Waals surface area (Å²) < 4.78 is 0. The minimum atomic E-state index is -0.390. The molecule has 0 atom stereocenters. The lowest BCUT2D eigenvalue weighted by molar-refractivity contribution is 0.100. The van der Waals surface area contributed by atoms with E-state index in [2.05, 4.69) is 47.1 Å². The molecule has 1 fully saturated rings. The van der Waals surface area contributed by atoms with Gasteiger partial charge in [0, 0.05) is 12.0 Å². The number of likely N-dealkylation sites (tertiary alicyclic amines) is 1. The number of nitrogens with zero attached hydrogens (tertiary/aromatic N) is 1. The molecule has 0 spiro atoms. The van der Waals surface area contributed by atoms with Crippen LogP contribution in [0.1, 0.15) is 34.3 Å². The van der Waals surface area contributed by atoms with Crippen LogP contribution in [0.5, 0.6) is 0 Å². The summed E-state index contributed by atoms with van der Waals surface area (Å²) in [6.07, 6.45) is 4.42. The first-order valence-corrected chi connectivity index (χ1v) is 9.31. The highest BCUT2D eigenvalue weighted by atomic mass is 16.1. The topological polar surface area (TPSA) is 46.3 Å². The summed E-state index contributed by atoms with van der Waals surface area (Å²) in [4.78, 5) is 13.5. The molecule has 2 aromatic carbocycles. The standard InChI is InChI=1S/C23H26N2O/c24-23(26)22-11-9-19(10-12-22)6-4-5-15-25-16-13-21(14-17-25)18-20-7-2-1-3-8-20/h1-3,7-12,21H,6,13-18H2,(H2,24,26). The molecular formula is C23H26N2O. The molecule has 0 bridgehead atoms. The van der Waals surface area contributed by atoms with Crippen molar-refractivity contribution in [3.8, 4) is 11.8 Å². The number of amides is 1. The summed E-state index contributed by atoms with van der Waals surface area (Å²) in [5.41, 5.74) is 8.36. The lowest BCUT2D eigenvalue weighted by Crippen LogP contribution is -2.34. The molecule has 1 aliphatic rings. The van der Waals surface area contributed by atoms with Crippen LogP contribution in [0.3, 0.4) is 0 Å². The fourth-order valence-electron chi connectivity index (χ4n) is 3.42. The molecule has 2 aromatic rings. The lowest BCUT2D eigenvalue weighted by Gasteiger charge is -2.30. The summed E-state index contributed by atoms with van der Waals surface area (Å²) in [7, 11) is 0. The fraction of sp³-hybridized carbons (Fsp3) is 0.348. The van der Waals surface area contributed by atoms with Crippen molar-refractivity contribution in [3.63, 3.8) is 0 Å². The minimum absolute atomic E-state index is 0.390. The average molecular weight is 346 g/mol. The van der Waals surface area contributed by atoms with E-state index in [0.29, 0.717) is 12.0 Å². The van der Waals surface area contributed by atoms with Crippen molar-refractivity contribution in [3.05, 3.63) is 71.3 Å². The molecule has 0 radical (unpaired) electrons. The van der Waals surface area contributed by atoms with Gasteiger partial charge in [0.25, 0.3) is 0 Å². The summed E-state index contributed by atoms with van der Waals surface area (Å²) in [5, 5.41) is 0. The van der Waals surface area contributed by atoms with Gasteiger partial charge in [0.2, 0.25) is 5.91 Å². The van der Waals surface area contributed by atoms with E-state index in [0.717, 1.165) is 31.1 Å². The average Bonchev–Trinajstić information content (AvgIpc) is 2.68. The van der Waals surface area contributed by atoms with Crippen LogP contribution < -0.4 is 5.73 Å². The van der Waals surface area contributed by atoms with Crippen LogP contribution in [0.4, 0.5) is 0 Å². The van der Waals surface area contributed by atoms with Gasteiger partial charge in [0.15, 0.2) is 0 Å². The van der Waals surface area contributed by atoms with Gasteiger partial charge < -0.3 is 5.73 Å². The van der Waals surface area contributed by atoms with E-state index in [4.69, 9.17) is 5.73 Å². The summed E-state index contributed by atoms with van der Waals surface area (Å²) in [6.45, 7) is 3.12. The SMILES string of the molecule is NC(=O)c1ccc(CC#CCN2CCC(Cc3ccccc3)CC2)cc1. The van der Waals surface area contributed by atoms with Crippen LogP contribution in [0, 0.1) is 17.8 Å². The van der Waals surface area contributed by atoms with E-state index in [9.17, 15) is 4.79 Å². The van der Waals surface area contributed by atoms with Gasteiger partial charge in [-0.3, -0.25) is 9.69 Å². The molecular weight excluding hydrogens is 320 g/mol. The monoisotopic (exact) mass is 346 g/mol. The van der Waals surface area contributed by atoms with Crippen LogP contribution >= 0.6 is 0 Å². The van der Waals surface area contributed by atoms with E-state index < -0.39 is 5.91 Å². The second-order valence-electron chi connectivity index (χ2n) is 7.00. The Hall–Kier alpha value is -2.57. The van der Waals surface area contributed by atoms with Crippen LogP contribution in [0.2, 0.25) is 0 Å². The third kappa shape index (κ3) is 5.47. The number of benzene rings is 2. The Labute approximate surface area is 156 Å². The van der Waals surface area contributed by atoms with Gasteiger partial charge in [0.05, 0.1) is 6.54 Å². The molecule has 1 amide bonds. The van der Waals surface area contributed by atoms with Gasteiger partial charge >= 0.3 is 0 Å². The normalized spacial score (nSPS) is 15.2. The smallest absolute Gasteiger partial charge is 0.248 e. The van der Waals surface area contributed by atoms with E-state index in [1.807, 2.05) is 12.1 Å². The van der Waals surface area contributed by atoms with Crippen molar-refractivity contribution >= 4 is 5.91 Å². The first kappa shape index (κ1) is 18.2. The first-order valence-electron chi connectivity index (χ1n) is 9.31. The van der Waals surface area contributed by atoms with Gasteiger partial charge in [-0.2, -0.15) is 0 Å². The van der Waals surface area contributed by atoms with Crippen molar-refractivity contribution in [2.75, 3.05) is 19.6 Å². The third-order valence-electron chi connectivity index (χ3n) is 5.03. The molecule has 0 aromatic heterocycles. The number of rotatable bonds is 5. The summed E-state index contributed by atoms with van der Waals surface area (Å²) >= 11 is 0. The molecule has 134 valence electrons. The largest absolute Gasteiger partial charge is 0.366 e. The Morgan fingerprint density at radius 2 is 1.65 bits per heavy atom. The van der Waals surface area contributed by atoms with Gasteiger partial charge in [-0.25, -0.2) is 0 Å². The van der Waals surface area contributed by atoms with Gasteiger partial charge in [-0.1, -0.05) is 54.3 Å². The molecule has 3 heteroatoms. The van der Waals surface area contributed by atoms with Crippen molar-refractivity contribution < 1.29 is 4.79 Å². The molecule has 0 aliphatic carbocycles. The van der Waals surface area contributed by atoms with Gasteiger partial charge in [0.1, 0.15) is 0 Å². The molecule has 0 unspecified atom stereocenters. The lowest BCUT2D eigenvalue weighted by atomic mass is 9.90. The fourth-order valence-corrected chi connectivity index (χ4v) is 3.42. The second-order valence-corrected chi connectivity index (χ2v) is 7.00. The predicted molar refractivity (Wildman–Crippen MR) is 106 cm³/mol. The highest BCUT2D eigenvalue weighted by Gasteiger charge is 2.18. The van der Waals surface area contributed by atoms with Gasteiger partial charge in [-0.05, 0) is 61.5 Å². The molecule has 0 saturated carbocycles. The molecule has 2 N–H and O–H groups in total. The first-order chi connectivity index (χ1) is 12.7. The molecule has 26 heavy (non-hydrogen) atoms. The zero-order valence-electron chi connectivity index (χ0n) is 15.2. The Bertz CT molecular complexity index is 763. The van der Waals surface area contributed by atoms with Crippen LogP contribution in [-0.4, -0.2) is 30.4 Å². The molecule has 3 rings (SSSR count). The van der Waals surface area contributed by atoms with E-state index >= 15 is 0 Å². The van der Waals surface area contributed by atoms with Gasteiger partial charge in [-0.15, -0.1) is 0 Å². The maximum absolute atomic E-state index is 11.1. The highest BCUT2D eigenvalue weighted by molar-refractivity contribution is 5.92. The van der Waals surface area contributed by atoms with Crippen LogP contribution in [0.25, 0.3) is 0 Å². The quantitative estimate of drug-likeness (QED) is 0.845. The Balaban J connectivity index is 1.39. The number of nitrogens with two attached hydrogens (primary N) is 1. The highest BCUT2D eigenvalue weighted by Crippen LogP contribution is 2.21. The maximum Gasteiger partial charge on any atom is 0.248 e. The van der Waals surface area contributed by atoms with E-state index in [1.54, 1.807) is 12.1 Å². The third-order valence-corrected chi connectivity index (χ3v) is 5.03. The number of carbonyl (C=O) groups excluding carboxylic acids is 1. The Morgan fingerprint density at radius 3 is 2.31 bits per heavy atom. The van der Waals surface area contributed by atoms with Crippen molar-refractivity contribution in [2.24, 2.45) is 11.7 Å². The Kier molecular flexibility index (Phi) is 6.46. The molecule has 1 heterocycles. The predicted octanol–water partition coefficient (Wildman–Crippen LogP) is 3.29. The van der Waals surface area contributed by atoms with E-state index in [-0.39, 0.29) is 0 Å². The van der Waals surface area contributed by atoms with Crippen LogP contribution in [-0.2, 0) is 12.8 Å². The number of hydrogen-bond donors (Lipinski definition) is 1. The number of primary amides is 1. The molecule has 3 nitrogen and oxygen atoms in total. The zero-order chi connectivity index (χ0) is 18.2. The number of piperidine rings is 1. The molecule has 1 aliphatic heterocycles. The maximum atomic E-state index is 11.1. The number of hydrogen-bond acceptors (Lipinski definition) is 2. The Morgan fingerprint density at radius 1 is 0.962 bits per heavy atom. The second kappa shape index (κ2) is 9.22. The zero-order valence-corrected chi connectivity index (χ0v) is 15.2. The van der Waals surface area contributed by atoms with Crippen molar-refractivity contribution in [1.82, 2.24) is 4.90 Å². The number of carbonyl (C=O) groups is 1. The van der Waals surface area contributed by atoms with E-state index in [1.165, 1.54) is 24.8 Å². The summed E-state index contributed by atoms with van der Waals surface area (Å²) in [5.74, 6) is 6.94. The minimum Gasteiger partial charge on any atom is -0.366 e. The molecule has 1 saturated heterocycles. The summed E-state index contributed by atoms with van der Waals surface area (Å²) in [6, 6.07) is 18.2. The van der Waals surface area contributed by atoms with Crippen molar-refractivity contribution in [2.45, 2.75) is 25.7 Å². The van der Waals surface area contributed by atoms with Crippen molar-refractivity contribution in [1.29, 1.82) is 0 Å².